The first kappa shape index (κ1) is 20.5. The minimum Gasteiger partial charge on any atom is -0.365 e. The molecule has 0 saturated carbocycles. The second-order valence-electron chi connectivity index (χ2n) is 7.43. The number of likely N-dealkylation sites (tertiary alicyclic amines) is 1. The third-order valence-corrected chi connectivity index (χ3v) is 4.89. The molecule has 2 heterocycles. The lowest BCUT2D eigenvalue weighted by Crippen LogP contribution is -2.37. The van der Waals surface area contributed by atoms with Crippen LogP contribution in [-0.2, 0) is 16.1 Å². The number of nitrogens with one attached hydrogen (secondary N) is 1. The zero-order chi connectivity index (χ0) is 19.8. The summed E-state index contributed by atoms with van der Waals surface area (Å²) in [6.45, 7) is 6.47. The van der Waals surface area contributed by atoms with Crippen molar-refractivity contribution in [2.45, 2.75) is 32.8 Å². The molecule has 1 atom stereocenters. The first-order valence-electron chi connectivity index (χ1n) is 9.88. The highest BCUT2D eigenvalue weighted by Crippen LogP contribution is 2.20. The molecule has 1 N–H and O–H groups in total. The molecule has 0 radical (unpaired) electrons. The Morgan fingerprint density at radius 3 is 3.00 bits per heavy atom. The Labute approximate surface area is 165 Å². The molecule has 0 spiro atoms. The van der Waals surface area contributed by atoms with E-state index in [1.165, 1.54) is 31.5 Å². The molecule has 152 valence electrons. The summed E-state index contributed by atoms with van der Waals surface area (Å²) in [6, 6.07) is 7.70. The molecule has 6 nitrogen and oxygen atoms in total. The Balaban J connectivity index is 1.29. The van der Waals surface area contributed by atoms with Crippen molar-refractivity contribution in [3.63, 3.8) is 0 Å². The molecular weight excluding hydrogens is 361 g/mol. The number of hydrogen-bond donors (Lipinski definition) is 1. The molecule has 1 aliphatic heterocycles. The van der Waals surface area contributed by atoms with E-state index in [1.54, 1.807) is 18.2 Å². The zero-order valence-electron chi connectivity index (χ0n) is 16.3. The number of ether oxygens (including phenoxy) is 1. The number of aromatic nitrogens is 1. The number of carbonyl (C=O) groups is 1. The lowest BCUT2D eigenvalue weighted by molar-refractivity contribution is -0.126. The van der Waals surface area contributed by atoms with E-state index < -0.39 is 0 Å². The lowest BCUT2D eigenvalue weighted by Gasteiger charge is -2.30. The van der Waals surface area contributed by atoms with Gasteiger partial charge in [0.1, 0.15) is 18.1 Å². The highest BCUT2D eigenvalue weighted by atomic mass is 19.1. The molecule has 0 aliphatic carbocycles. The number of rotatable bonds is 9. The molecule has 1 aromatic carbocycles. The van der Waals surface area contributed by atoms with Crippen molar-refractivity contribution in [1.82, 2.24) is 15.4 Å². The highest BCUT2D eigenvalue weighted by molar-refractivity contribution is 5.77. The molecule has 0 bridgehead atoms. The summed E-state index contributed by atoms with van der Waals surface area (Å²) in [7, 11) is 0. The quantitative estimate of drug-likeness (QED) is 0.667. The van der Waals surface area contributed by atoms with E-state index >= 15 is 0 Å². The van der Waals surface area contributed by atoms with Gasteiger partial charge in [0, 0.05) is 24.7 Å². The van der Waals surface area contributed by atoms with E-state index in [1.807, 2.05) is 0 Å². The number of nitrogens with zero attached hydrogens (tertiary/aromatic N) is 2. The van der Waals surface area contributed by atoms with Gasteiger partial charge in [-0.05, 0) is 62.5 Å². The van der Waals surface area contributed by atoms with Gasteiger partial charge >= 0.3 is 0 Å². The van der Waals surface area contributed by atoms with Crippen LogP contribution in [-0.4, -0.2) is 48.7 Å². The molecule has 1 aliphatic rings. The molecule has 0 unspecified atom stereocenters. The van der Waals surface area contributed by atoms with E-state index in [0.717, 1.165) is 31.0 Å². The number of amides is 1. The molecule has 7 heteroatoms. The maximum atomic E-state index is 13.0. The van der Waals surface area contributed by atoms with E-state index in [-0.39, 0.29) is 24.9 Å². The Kier molecular flexibility index (Phi) is 7.56. The summed E-state index contributed by atoms with van der Waals surface area (Å²) >= 11 is 0. The molecule has 3 rings (SSSR count). The van der Waals surface area contributed by atoms with Crippen LogP contribution in [0.5, 0.6) is 0 Å². The normalized spacial score (nSPS) is 17.6. The SMILES string of the molecule is C[C@@H]1CCCN(CCCNC(=O)COCc2cc(-c3ccc(F)cc3)on2)C1. The molecule has 1 aromatic heterocycles. The van der Waals surface area contributed by atoms with Crippen LogP contribution in [0.15, 0.2) is 34.9 Å². The smallest absolute Gasteiger partial charge is 0.246 e. The lowest BCUT2D eigenvalue weighted by atomic mass is 10.0. The van der Waals surface area contributed by atoms with Crippen molar-refractivity contribution < 1.29 is 18.4 Å². The highest BCUT2D eigenvalue weighted by Gasteiger charge is 2.15. The van der Waals surface area contributed by atoms with Gasteiger partial charge in [-0.3, -0.25) is 4.79 Å². The number of carbonyl (C=O) groups excluding carboxylic acids is 1. The van der Waals surface area contributed by atoms with Gasteiger partial charge in [-0.25, -0.2) is 4.39 Å². The van der Waals surface area contributed by atoms with E-state index in [0.29, 0.717) is 18.0 Å². The van der Waals surface area contributed by atoms with Crippen molar-refractivity contribution in [3.8, 4) is 11.3 Å². The van der Waals surface area contributed by atoms with Gasteiger partial charge in [0.05, 0.1) is 6.61 Å². The maximum Gasteiger partial charge on any atom is 0.246 e. The second-order valence-corrected chi connectivity index (χ2v) is 7.43. The summed E-state index contributed by atoms with van der Waals surface area (Å²) in [5.74, 6) is 0.879. The maximum absolute atomic E-state index is 13.0. The predicted molar refractivity (Wildman–Crippen MR) is 104 cm³/mol. The van der Waals surface area contributed by atoms with Gasteiger partial charge < -0.3 is 19.5 Å². The van der Waals surface area contributed by atoms with Crippen LogP contribution in [0.3, 0.4) is 0 Å². The minimum atomic E-state index is -0.302. The van der Waals surface area contributed by atoms with E-state index in [4.69, 9.17) is 9.26 Å². The number of piperidine rings is 1. The number of benzene rings is 1. The van der Waals surface area contributed by atoms with Crippen molar-refractivity contribution in [2.75, 3.05) is 32.8 Å². The van der Waals surface area contributed by atoms with Crippen molar-refractivity contribution >= 4 is 5.91 Å². The Morgan fingerprint density at radius 2 is 2.21 bits per heavy atom. The van der Waals surface area contributed by atoms with Gasteiger partial charge in [-0.15, -0.1) is 0 Å². The summed E-state index contributed by atoms with van der Waals surface area (Å²) in [5.41, 5.74) is 1.33. The topological polar surface area (TPSA) is 67.6 Å². The number of halogens is 1. The average Bonchev–Trinajstić information content (AvgIpc) is 3.15. The third-order valence-electron chi connectivity index (χ3n) is 4.89. The minimum absolute atomic E-state index is 0.0144. The van der Waals surface area contributed by atoms with E-state index in [9.17, 15) is 9.18 Å². The average molecular weight is 389 g/mol. The zero-order valence-corrected chi connectivity index (χ0v) is 16.3. The number of hydrogen-bond acceptors (Lipinski definition) is 5. The summed E-state index contributed by atoms with van der Waals surface area (Å²) < 4.78 is 23.6. The summed E-state index contributed by atoms with van der Waals surface area (Å²) in [5, 5.41) is 6.80. The second kappa shape index (κ2) is 10.3. The van der Waals surface area contributed by atoms with Crippen LogP contribution >= 0.6 is 0 Å². The first-order chi connectivity index (χ1) is 13.6. The predicted octanol–water partition coefficient (Wildman–Crippen LogP) is 3.24. The van der Waals surface area contributed by atoms with Crippen LogP contribution in [0.4, 0.5) is 4.39 Å². The van der Waals surface area contributed by atoms with Crippen LogP contribution < -0.4 is 5.32 Å². The van der Waals surface area contributed by atoms with Crippen LogP contribution in [0.2, 0.25) is 0 Å². The van der Waals surface area contributed by atoms with E-state index in [2.05, 4.69) is 22.3 Å². The van der Waals surface area contributed by atoms with Crippen LogP contribution in [0, 0.1) is 11.7 Å². The fourth-order valence-corrected chi connectivity index (χ4v) is 3.45. The molecule has 1 amide bonds. The molecule has 1 saturated heterocycles. The van der Waals surface area contributed by atoms with Crippen LogP contribution in [0.1, 0.15) is 31.9 Å². The third kappa shape index (κ3) is 6.42. The van der Waals surface area contributed by atoms with Gasteiger partial charge in [0.15, 0.2) is 5.76 Å². The Morgan fingerprint density at radius 1 is 1.39 bits per heavy atom. The summed E-state index contributed by atoms with van der Waals surface area (Å²) in [4.78, 5) is 14.3. The Hall–Kier alpha value is -2.25. The van der Waals surface area contributed by atoms with Gasteiger partial charge in [0.2, 0.25) is 5.91 Å². The molecule has 2 aromatic rings. The summed E-state index contributed by atoms with van der Waals surface area (Å²) in [6.07, 6.45) is 3.54. The van der Waals surface area contributed by atoms with Gasteiger partial charge in [-0.1, -0.05) is 12.1 Å². The van der Waals surface area contributed by atoms with Crippen LogP contribution in [0.25, 0.3) is 11.3 Å². The molecule has 28 heavy (non-hydrogen) atoms. The van der Waals surface area contributed by atoms with Crippen molar-refractivity contribution in [1.29, 1.82) is 0 Å². The molecule has 1 fully saturated rings. The fourth-order valence-electron chi connectivity index (χ4n) is 3.45. The first-order valence-corrected chi connectivity index (χ1v) is 9.88. The largest absolute Gasteiger partial charge is 0.365 e. The van der Waals surface area contributed by atoms with Gasteiger partial charge in [-0.2, -0.15) is 0 Å². The standard InChI is InChI=1S/C21H28FN3O3/c1-16-4-2-10-25(13-16)11-3-9-23-21(26)15-27-14-19-12-20(28-24-19)17-5-7-18(22)8-6-17/h5-8,12,16H,2-4,9-11,13-15H2,1H3,(H,23,26)/t16-/m1/s1. The van der Waals surface area contributed by atoms with Crippen molar-refractivity contribution in [2.24, 2.45) is 5.92 Å². The van der Waals surface area contributed by atoms with Crippen molar-refractivity contribution in [3.05, 3.63) is 41.8 Å². The van der Waals surface area contributed by atoms with Gasteiger partial charge in [0.25, 0.3) is 0 Å². The Bertz CT molecular complexity index is 748. The fraction of sp³-hybridized carbons (Fsp3) is 0.524. The monoisotopic (exact) mass is 389 g/mol. The molecular formula is C21H28FN3O3.